The molecule has 0 spiro atoms. The molecule has 0 radical (unpaired) electrons. The third-order valence-electron chi connectivity index (χ3n) is 6.65. The van der Waals surface area contributed by atoms with Gasteiger partial charge in [0.2, 0.25) is 0 Å². The molecular formula is C22H44N2O4. The van der Waals surface area contributed by atoms with Crippen molar-refractivity contribution in [3.8, 4) is 0 Å². The molecule has 0 bridgehead atoms. The molecule has 2 aliphatic rings. The van der Waals surface area contributed by atoms with Crippen LogP contribution in [0.2, 0.25) is 0 Å². The summed E-state index contributed by atoms with van der Waals surface area (Å²) in [4.78, 5) is 12.8. The molecule has 0 amide bonds. The molecule has 2 saturated heterocycles. The van der Waals surface area contributed by atoms with Gasteiger partial charge in [0.15, 0.2) is 6.29 Å². The standard InChI is InChI=1S/C22H44N2O4/c1-8-11-18(4)21(6)23(14-16-25-21)27-20(13-10-3)28-24-15-17-26-22(24,7)19(5)12-9-2/h18-20H,8-17H2,1-7H3. The van der Waals surface area contributed by atoms with Crippen molar-refractivity contribution in [1.82, 2.24) is 10.1 Å². The lowest BCUT2D eigenvalue weighted by Crippen LogP contribution is -2.52. The van der Waals surface area contributed by atoms with E-state index < -0.39 is 11.4 Å². The minimum absolute atomic E-state index is 0.324. The lowest BCUT2D eigenvalue weighted by atomic mass is 9.94. The Morgan fingerprint density at radius 1 is 0.750 bits per heavy atom. The second kappa shape index (κ2) is 10.7. The monoisotopic (exact) mass is 400 g/mol. The van der Waals surface area contributed by atoms with Crippen molar-refractivity contribution in [2.45, 2.75) is 105 Å². The van der Waals surface area contributed by atoms with Crippen LogP contribution < -0.4 is 0 Å². The molecule has 2 heterocycles. The molecule has 6 nitrogen and oxygen atoms in total. The van der Waals surface area contributed by atoms with Gasteiger partial charge in [-0.2, -0.15) is 10.1 Å². The Morgan fingerprint density at radius 3 is 1.50 bits per heavy atom. The van der Waals surface area contributed by atoms with E-state index in [2.05, 4.69) is 48.5 Å². The third kappa shape index (κ3) is 5.27. The largest absolute Gasteiger partial charge is 0.357 e. The van der Waals surface area contributed by atoms with Crippen molar-refractivity contribution in [2.75, 3.05) is 26.3 Å². The molecule has 166 valence electrons. The van der Waals surface area contributed by atoms with E-state index in [-0.39, 0.29) is 6.29 Å². The van der Waals surface area contributed by atoms with Gasteiger partial charge in [-0.15, -0.1) is 0 Å². The van der Waals surface area contributed by atoms with Gasteiger partial charge in [-0.25, -0.2) is 0 Å². The summed E-state index contributed by atoms with van der Waals surface area (Å²) in [5.74, 6) is 0.791. The van der Waals surface area contributed by atoms with Crippen molar-refractivity contribution < 1.29 is 19.1 Å². The molecule has 2 fully saturated rings. The molecule has 28 heavy (non-hydrogen) atoms. The second-order valence-corrected chi connectivity index (χ2v) is 8.82. The van der Waals surface area contributed by atoms with Crippen molar-refractivity contribution in [3.05, 3.63) is 0 Å². The summed E-state index contributed by atoms with van der Waals surface area (Å²) in [5, 5.41) is 4.05. The smallest absolute Gasteiger partial charge is 0.197 e. The Morgan fingerprint density at radius 2 is 1.14 bits per heavy atom. The first-order valence-electron chi connectivity index (χ1n) is 11.5. The van der Waals surface area contributed by atoms with E-state index in [1.54, 1.807) is 0 Å². The minimum atomic E-state index is -0.397. The van der Waals surface area contributed by atoms with Gasteiger partial charge in [0.1, 0.15) is 11.4 Å². The van der Waals surface area contributed by atoms with Crippen LogP contribution in [0.5, 0.6) is 0 Å². The fourth-order valence-corrected chi connectivity index (χ4v) is 4.40. The summed E-state index contributed by atoms with van der Waals surface area (Å²) in [5.41, 5.74) is -0.794. The number of nitrogens with zero attached hydrogens (tertiary/aromatic N) is 2. The predicted octanol–water partition coefficient (Wildman–Crippen LogP) is 4.95. The Labute approximate surface area is 172 Å². The Kier molecular flexibility index (Phi) is 9.17. The molecule has 0 aromatic rings. The summed E-state index contributed by atoms with van der Waals surface area (Å²) in [6.07, 6.45) is 6.02. The molecule has 4 unspecified atom stereocenters. The molecule has 0 aromatic heterocycles. The molecule has 0 aliphatic carbocycles. The number of hydrogen-bond donors (Lipinski definition) is 0. The maximum atomic E-state index is 6.42. The lowest BCUT2D eigenvalue weighted by molar-refractivity contribution is -0.404. The predicted molar refractivity (Wildman–Crippen MR) is 111 cm³/mol. The highest BCUT2D eigenvalue weighted by Gasteiger charge is 2.47. The van der Waals surface area contributed by atoms with Gasteiger partial charge in [0, 0.05) is 18.3 Å². The summed E-state index contributed by atoms with van der Waals surface area (Å²) >= 11 is 0. The zero-order valence-corrected chi connectivity index (χ0v) is 19.3. The molecule has 4 atom stereocenters. The number of ether oxygens (including phenoxy) is 2. The second-order valence-electron chi connectivity index (χ2n) is 8.82. The molecule has 0 N–H and O–H groups in total. The third-order valence-corrected chi connectivity index (χ3v) is 6.65. The van der Waals surface area contributed by atoms with Crippen LogP contribution in [-0.4, -0.2) is 54.2 Å². The van der Waals surface area contributed by atoms with Gasteiger partial charge in [-0.05, 0) is 26.7 Å². The van der Waals surface area contributed by atoms with E-state index >= 15 is 0 Å². The van der Waals surface area contributed by atoms with Gasteiger partial charge in [0.25, 0.3) is 0 Å². The molecule has 0 saturated carbocycles. The van der Waals surface area contributed by atoms with Gasteiger partial charge in [-0.1, -0.05) is 53.9 Å². The highest BCUT2D eigenvalue weighted by atomic mass is 16.9. The molecular weight excluding hydrogens is 356 g/mol. The van der Waals surface area contributed by atoms with Crippen molar-refractivity contribution in [1.29, 1.82) is 0 Å². The zero-order valence-electron chi connectivity index (χ0n) is 19.3. The quantitative estimate of drug-likeness (QED) is 0.432. The van der Waals surface area contributed by atoms with Crippen LogP contribution in [0, 0.1) is 11.8 Å². The van der Waals surface area contributed by atoms with E-state index in [0.29, 0.717) is 25.0 Å². The number of hydroxylamine groups is 4. The summed E-state index contributed by atoms with van der Waals surface area (Å²) in [6.45, 7) is 18.3. The minimum Gasteiger partial charge on any atom is -0.357 e. The van der Waals surface area contributed by atoms with E-state index in [4.69, 9.17) is 19.1 Å². The molecule has 0 aromatic carbocycles. The maximum absolute atomic E-state index is 6.42. The van der Waals surface area contributed by atoms with Gasteiger partial charge in [0.05, 0.1) is 26.3 Å². The van der Waals surface area contributed by atoms with Crippen LogP contribution in [-0.2, 0) is 19.1 Å². The lowest BCUT2D eigenvalue weighted by Gasteiger charge is -2.42. The van der Waals surface area contributed by atoms with Crippen molar-refractivity contribution >= 4 is 0 Å². The van der Waals surface area contributed by atoms with Crippen LogP contribution in [0.1, 0.15) is 87.0 Å². The Bertz CT molecular complexity index is 428. The maximum Gasteiger partial charge on any atom is 0.197 e. The highest BCUT2D eigenvalue weighted by molar-refractivity contribution is 4.84. The summed E-state index contributed by atoms with van der Waals surface area (Å²) in [7, 11) is 0. The highest BCUT2D eigenvalue weighted by Crippen LogP contribution is 2.37. The van der Waals surface area contributed by atoms with Crippen LogP contribution in [0.15, 0.2) is 0 Å². The number of hydrogen-bond acceptors (Lipinski definition) is 6. The van der Waals surface area contributed by atoms with Crippen LogP contribution in [0.3, 0.4) is 0 Å². The first-order chi connectivity index (χ1) is 13.3. The van der Waals surface area contributed by atoms with Crippen LogP contribution >= 0.6 is 0 Å². The van der Waals surface area contributed by atoms with Gasteiger partial charge >= 0.3 is 0 Å². The summed E-state index contributed by atoms with van der Waals surface area (Å²) < 4.78 is 12.3. The first kappa shape index (κ1) is 24.0. The van der Waals surface area contributed by atoms with E-state index in [9.17, 15) is 0 Å². The summed E-state index contributed by atoms with van der Waals surface area (Å²) in [6, 6.07) is 0. The Hall–Kier alpha value is -0.240. The number of rotatable bonds is 12. The Balaban J connectivity index is 2.06. The first-order valence-corrected chi connectivity index (χ1v) is 11.5. The fourth-order valence-electron chi connectivity index (χ4n) is 4.40. The topological polar surface area (TPSA) is 43.4 Å². The van der Waals surface area contributed by atoms with Crippen LogP contribution in [0.25, 0.3) is 0 Å². The zero-order chi connectivity index (χ0) is 20.8. The van der Waals surface area contributed by atoms with Gasteiger partial charge < -0.3 is 9.47 Å². The van der Waals surface area contributed by atoms with Crippen molar-refractivity contribution in [2.24, 2.45) is 11.8 Å². The molecule has 2 aliphatic heterocycles. The van der Waals surface area contributed by atoms with E-state index in [0.717, 1.165) is 51.6 Å². The molecule has 2 rings (SSSR count). The average Bonchev–Trinajstić information content (AvgIpc) is 3.21. The van der Waals surface area contributed by atoms with Crippen LogP contribution in [0.4, 0.5) is 0 Å². The SMILES string of the molecule is CCCC(ON1CCOC1(C)C(C)CCC)ON1CCOC1(C)C(C)CCC. The van der Waals surface area contributed by atoms with E-state index in [1.807, 2.05) is 10.1 Å². The average molecular weight is 401 g/mol. The normalized spacial score (nSPS) is 32.7. The van der Waals surface area contributed by atoms with Gasteiger partial charge in [-0.3, -0.25) is 9.68 Å². The molecule has 6 heteroatoms. The van der Waals surface area contributed by atoms with Crippen molar-refractivity contribution in [3.63, 3.8) is 0 Å². The fraction of sp³-hybridized carbons (Fsp3) is 1.00. The van der Waals surface area contributed by atoms with E-state index in [1.165, 1.54) is 0 Å².